The fourth-order valence-corrected chi connectivity index (χ4v) is 2.71. The van der Waals surface area contributed by atoms with E-state index < -0.39 is 27.5 Å². The number of hydrogen-bond acceptors (Lipinski definition) is 4. The van der Waals surface area contributed by atoms with E-state index in [-0.39, 0.29) is 24.3 Å². The van der Waals surface area contributed by atoms with Crippen molar-refractivity contribution in [2.24, 2.45) is 0 Å². The molecule has 0 saturated heterocycles. The number of rotatable bonds is 7. The number of halogens is 1. The maximum Gasteiger partial charge on any atom is 0.303 e. The average Bonchev–Trinajstić information content (AvgIpc) is 2.34. The Bertz CT molecular complexity index is 582. The topological polar surface area (TPSA) is 101 Å². The summed E-state index contributed by atoms with van der Waals surface area (Å²) in [5, 5.41) is 11.2. The van der Waals surface area contributed by atoms with E-state index in [0.29, 0.717) is 5.02 Å². The lowest BCUT2D eigenvalue weighted by Crippen LogP contribution is -2.31. The first-order valence-electron chi connectivity index (χ1n) is 5.78. The van der Waals surface area contributed by atoms with E-state index in [9.17, 15) is 18.0 Å². The summed E-state index contributed by atoms with van der Waals surface area (Å²) < 4.78 is 23.8. The lowest BCUT2D eigenvalue weighted by atomic mass is 10.3. The van der Waals surface area contributed by atoms with Crippen molar-refractivity contribution >= 4 is 33.3 Å². The number of benzene rings is 1. The zero-order chi connectivity index (χ0) is 15.2. The van der Waals surface area contributed by atoms with E-state index in [2.05, 4.69) is 5.32 Å². The molecule has 0 bridgehead atoms. The Morgan fingerprint density at radius 1 is 1.20 bits per heavy atom. The number of carboxylic acids is 1. The van der Waals surface area contributed by atoms with Gasteiger partial charge in [-0.25, -0.2) is 8.42 Å². The Morgan fingerprint density at radius 2 is 1.80 bits per heavy atom. The van der Waals surface area contributed by atoms with Gasteiger partial charge in [0.1, 0.15) is 5.75 Å². The molecule has 0 aliphatic rings. The van der Waals surface area contributed by atoms with Crippen LogP contribution in [0.1, 0.15) is 12.8 Å². The molecular formula is C12H14ClNO5S. The maximum absolute atomic E-state index is 11.9. The van der Waals surface area contributed by atoms with Crippen LogP contribution in [0.15, 0.2) is 29.2 Å². The standard InChI is InChI=1S/C12H14ClNO5S/c13-9-3-5-10(6-4-9)20(18,19)8-11(15)14-7-1-2-12(16)17/h3-6H,1-2,7-8H2,(H,14,15)(H,16,17). The van der Waals surface area contributed by atoms with Crippen LogP contribution >= 0.6 is 11.6 Å². The largest absolute Gasteiger partial charge is 0.481 e. The molecule has 0 heterocycles. The Hall–Kier alpha value is -1.60. The molecule has 0 saturated carbocycles. The van der Waals surface area contributed by atoms with Crippen molar-refractivity contribution in [1.29, 1.82) is 0 Å². The highest BCUT2D eigenvalue weighted by Crippen LogP contribution is 2.15. The highest BCUT2D eigenvalue weighted by Gasteiger charge is 2.18. The van der Waals surface area contributed by atoms with E-state index in [1.807, 2.05) is 0 Å². The SMILES string of the molecule is O=C(O)CCCNC(=O)CS(=O)(=O)c1ccc(Cl)cc1. The summed E-state index contributed by atoms with van der Waals surface area (Å²) in [5.74, 6) is -2.31. The van der Waals surface area contributed by atoms with Crippen molar-refractivity contribution in [3.63, 3.8) is 0 Å². The highest BCUT2D eigenvalue weighted by atomic mass is 35.5. The number of aliphatic carboxylic acids is 1. The smallest absolute Gasteiger partial charge is 0.303 e. The summed E-state index contributed by atoms with van der Waals surface area (Å²) in [4.78, 5) is 21.8. The quantitative estimate of drug-likeness (QED) is 0.733. The van der Waals surface area contributed by atoms with Crippen molar-refractivity contribution in [1.82, 2.24) is 5.32 Å². The molecule has 1 amide bonds. The number of amides is 1. The molecule has 1 aromatic carbocycles. The minimum Gasteiger partial charge on any atom is -0.481 e. The number of carbonyl (C=O) groups excluding carboxylic acids is 1. The molecule has 110 valence electrons. The molecule has 0 aliphatic carbocycles. The minimum absolute atomic E-state index is 0.0163. The molecule has 0 atom stereocenters. The van der Waals surface area contributed by atoms with E-state index in [0.717, 1.165) is 0 Å². The third kappa shape index (κ3) is 5.58. The summed E-state index contributed by atoms with van der Waals surface area (Å²) in [5.41, 5.74) is 0. The number of sulfone groups is 1. The van der Waals surface area contributed by atoms with Crippen LogP contribution in [-0.2, 0) is 19.4 Å². The summed E-state index contributed by atoms with van der Waals surface area (Å²) in [6, 6.07) is 5.52. The lowest BCUT2D eigenvalue weighted by Gasteiger charge is -2.06. The van der Waals surface area contributed by atoms with Crippen LogP contribution in [0.5, 0.6) is 0 Å². The molecule has 8 heteroatoms. The Labute approximate surface area is 121 Å². The highest BCUT2D eigenvalue weighted by molar-refractivity contribution is 7.92. The summed E-state index contributed by atoms with van der Waals surface area (Å²) in [7, 11) is -3.72. The molecular weight excluding hydrogens is 306 g/mol. The second kappa shape index (κ2) is 7.25. The van der Waals surface area contributed by atoms with E-state index in [1.165, 1.54) is 24.3 Å². The molecule has 20 heavy (non-hydrogen) atoms. The van der Waals surface area contributed by atoms with Crippen LogP contribution in [-0.4, -0.2) is 37.7 Å². The Morgan fingerprint density at radius 3 is 2.35 bits per heavy atom. The van der Waals surface area contributed by atoms with Crippen molar-refractivity contribution in [3.05, 3.63) is 29.3 Å². The summed E-state index contributed by atoms with van der Waals surface area (Å²) >= 11 is 5.66. The van der Waals surface area contributed by atoms with Crippen molar-refractivity contribution < 1.29 is 23.1 Å². The number of carboxylic acid groups (broad SMARTS) is 1. The second-order valence-corrected chi connectivity index (χ2v) is 6.49. The minimum atomic E-state index is -3.72. The predicted octanol–water partition coefficient (Wildman–Crippen LogP) is 1.09. The molecule has 0 fully saturated rings. The predicted molar refractivity (Wildman–Crippen MR) is 73.4 cm³/mol. The zero-order valence-electron chi connectivity index (χ0n) is 10.5. The third-order valence-electron chi connectivity index (χ3n) is 2.38. The summed E-state index contributed by atoms with van der Waals surface area (Å²) in [6.07, 6.45) is 0.173. The molecule has 1 rings (SSSR count). The van der Waals surface area contributed by atoms with Gasteiger partial charge in [-0.15, -0.1) is 0 Å². The molecule has 6 nitrogen and oxygen atoms in total. The van der Waals surface area contributed by atoms with Gasteiger partial charge in [0.05, 0.1) is 4.90 Å². The van der Waals surface area contributed by atoms with Gasteiger partial charge in [0.2, 0.25) is 5.91 Å². The van der Waals surface area contributed by atoms with Gasteiger partial charge in [0.25, 0.3) is 0 Å². The van der Waals surface area contributed by atoms with Crippen LogP contribution < -0.4 is 5.32 Å². The molecule has 0 aliphatic heterocycles. The molecule has 0 spiro atoms. The molecule has 2 N–H and O–H groups in total. The van der Waals surface area contributed by atoms with Crippen LogP contribution in [0, 0.1) is 0 Å². The van der Waals surface area contributed by atoms with Gasteiger partial charge in [-0.1, -0.05) is 11.6 Å². The first kappa shape index (κ1) is 16.5. The normalized spacial score (nSPS) is 11.1. The van der Waals surface area contributed by atoms with Crippen molar-refractivity contribution in [2.75, 3.05) is 12.3 Å². The van der Waals surface area contributed by atoms with Gasteiger partial charge in [-0.3, -0.25) is 9.59 Å². The fraction of sp³-hybridized carbons (Fsp3) is 0.333. The van der Waals surface area contributed by atoms with Crippen LogP contribution in [0.25, 0.3) is 0 Å². The van der Waals surface area contributed by atoms with Gasteiger partial charge in [0, 0.05) is 18.0 Å². The van der Waals surface area contributed by atoms with Crippen molar-refractivity contribution in [2.45, 2.75) is 17.7 Å². The van der Waals surface area contributed by atoms with E-state index in [4.69, 9.17) is 16.7 Å². The van der Waals surface area contributed by atoms with Gasteiger partial charge in [-0.2, -0.15) is 0 Å². The Balaban J connectivity index is 2.52. The molecule has 0 radical (unpaired) electrons. The summed E-state index contributed by atoms with van der Waals surface area (Å²) in [6.45, 7) is 0.126. The van der Waals surface area contributed by atoms with Crippen LogP contribution in [0.2, 0.25) is 5.02 Å². The first-order valence-corrected chi connectivity index (χ1v) is 7.81. The molecule has 1 aromatic rings. The monoisotopic (exact) mass is 319 g/mol. The van der Waals surface area contributed by atoms with Crippen molar-refractivity contribution in [3.8, 4) is 0 Å². The maximum atomic E-state index is 11.9. The van der Waals surface area contributed by atoms with Gasteiger partial charge >= 0.3 is 5.97 Å². The van der Waals surface area contributed by atoms with Crippen LogP contribution in [0.3, 0.4) is 0 Å². The van der Waals surface area contributed by atoms with Crippen LogP contribution in [0.4, 0.5) is 0 Å². The Kier molecular flexibility index (Phi) is 5.97. The zero-order valence-corrected chi connectivity index (χ0v) is 12.1. The third-order valence-corrected chi connectivity index (χ3v) is 4.27. The number of hydrogen-bond donors (Lipinski definition) is 2. The fourth-order valence-electron chi connectivity index (χ4n) is 1.42. The first-order chi connectivity index (χ1) is 9.31. The lowest BCUT2D eigenvalue weighted by molar-refractivity contribution is -0.137. The number of nitrogens with one attached hydrogen (secondary N) is 1. The van der Waals surface area contributed by atoms with Gasteiger partial charge in [0.15, 0.2) is 9.84 Å². The van der Waals surface area contributed by atoms with Gasteiger partial charge in [-0.05, 0) is 30.7 Å². The van der Waals surface area contributed by atoms with Gasteiger partial charge < -0.3 is 10.4 Å². The van der Waals surface area contributed by atoms with E-state index in [1.54, 1.807) is 0 Å². The second-order valence-electron chi connectivity index (χ2n) is 4.06. The average molecular weight is 320 g/mol. The van der Waals surface area contributed by atoms with E-state index >= 15 is 0 Å². The molecule has 0 aromatic heterocycles. The number of carbonyl (C=O) groups is 2. The molecule has 0 unspecified atom stereocenters.